The van der Waals surface area contributed by atoms with E-state index in [1.165, 1.54) is 32.2 Å². The highest BCUT2D eigenvalue weighted by Gasteiger charge is 2.36. The molecule has 0 N–H and O–H groups in total. The Morgan fingerprint density at radius 3 is 2.55 bits per heavy atom. The van der Waals surface area contributed by atoms with Crippen LogP contribution in [-0.4, -0.2) is 24.5 Å². The predicted octanol–water partition coefficient (Wildman–Crippen LogP) is 2.13. The number of rotatable bonds is 1. The Morgan fingerprint density at radius 1 is 1.18 bits per heavy atom. The second-order valence-corrected chi connectivity index (χ2v) is 4.51. The van der Waals surface area contributed by atoms with Crippen molar-refractivity contribution in [1.29, 1.82) is 0 Å². The fourth-order valence-corrected chi connectivity index (χ4v) is 2.33. The highest BCUT2D eigenvalue weighted by atomic mass is 15.1. The zero-order chi connectivity index (χ0) is 7.84. The van der Waals surface area contributed by atoms with E-state index in [2.05, 4.69) is 18.9 Å². The molecule has 2 aliphatic rings. The van der Waals surface area contributed by atoms with Gasteiger partial charge in [-0.05, 0) is 51.1 Å². The minimum absolute atomic E-state index is 0.943. The van der Waals surface area contributed by atoms with Gasteiger partial charge in [-0.2, -0.15) is 0 Å². The number of nitrogens with zero attached hydrogens (tertiary/aromatic N) is 1. The van der Waals surface area contributed by atoms with Crippen LogP contribution in [0.15, 0.2) is 0 Å². The van der Waals surface area contributed by atoms with Crippen LogP contribution in [0.4, 0.5) is 0 Å². The van der Waals surface area contributed by atoms with Gasteiger partial charge in [0.2, 0.25) is 0 Å². The van der Waals surface area contributed by atoms with Gasteiger partial charge in [-0.3, -0.25) is 0 Å². The van der Waals surface area contributed by atoms with Crippen LogP contribution in [0.5, 0.6) is 0 Å². The summed E-state index contributed by atoms with van der Waals surface area (Å²) in [7, 11) is 2.30. The smallest absolute Gasteiger partial charge is 0.0123 e. The zero-order valence-corrected chi connectivity index (χ0v) is 7.71. The van der Waals surface area contributed by atoms with Gasteiger partial charge in [0.15, 0.2) is 0 Å². The lowest BCUT2D eigenvalue weighted by molar-refractivity contribution is 0.132. The molecule has 1 aliphatic heterocycles. The summed E-state index contributed by atoms with van der Waals surface area (Å²) in [5.74, 6) is 2.06. The largest absolute Gasteiger partial charge is 0.303 e. The van der Waals surface area contributed by atoms with E-state index in [0.717, 1.165) is 17.9 Å². The third-order valence-corrected chi connectivity index (χ3v) is 3.35. The summed E-state index contributed by atoms with van der Waals surface area (Å²) in [6, 6.07) is 0.943. The van der Waals surface area contributed by atoms with E-state index in [1.54, 1.807) is 0 Å². The van der Waals surface area contributed by atoms with Gasteiger partial charge in [-0.25, -0.2) is 0 Å². The topological polar surface area (TPSA) is 3.24 Å². The molecule has 0 bridgehead atoms. The van der Waals surface area contributed by atoms with Gasteiger partial charge in [0.05, 0.1) is 0 Å². The predicted molar refractivity (Wildman–Crippen MR) is 47.5 cm³/mol. The van der Waals surface area contributed by atoms with Crippen LogP contribution in [-0.2, 0) is 0 Å². The molecule has 1 aliphatic carbocycles. The van der Waals surface area contributed by atoms with Gasteiger partial charge >= 0.3 is 0 Å². The Labute approximate surface area is 69.8 Å². The maximum atomic E-state index is 2.58. The average Bonchev–Trinajstić information content (AvgIpc) is 2.76. The van der Waals surface area contributed by atoms with Crippen LogP contribution in [0.2, 0.25) is 0 Å². The first kappa shape index (κ1) is 7.60. The molecule has 1 saturated heterocycles. The molecular weight excluding hydrogens is 134 g/mol. The summed E-state index contributed by atoms with van der Waals surface area (Å²) in [5, 5.41) is 0. The summed E-state index contributed by atoms with van der Waals surface area (Å²) in [5.41, 5.74) is 0. The fraction of sp³-hybridized carbons (Fsp3) is 1.00. The Morgan fingerprint density at radius 2 is 1.91 bits per heavy atom. The van der Waals surface area contributed by atoms with Crippen LogP contribution >= 0.6 is 0 Å². The first-order valence-corrected chi connectivity index (χ1v) is 4.97. The molecule has 0 amide bonds. The average molecular weight is 153 g/mol. The van der Waals surface area contributed by atoms with Crippen LogP contribution in [0, 0.1) is 11.8 Å². The maximum Gasteiger partial charge on any atom is 0.0123 e. The van der Waals surface area contributed by atoms with Crippen molar-refractivity contribution in [3.63, 3.8) is 0 Å². The van der Waals surface area contributed by atoms with Crippen molar-refractivity contribution in [2.24, 2.45) is 11.8 Å². The van der Waals surface area contributed by atoms with E-state index in [-0.39, 0.29) is 0 Å². The lowest BCUT2D eigenvalue weighted by Gasteiger charge is -2.36. The Kier molecular flexibility index (Phi) is 1.92. The van der Waals surface area contributed by atoms with Crippen molar-refractivity contribution in [3.8, 4) is 0 Å². The third-order valence-electron chi connectivity index (χ3n) is 3.35. The molecule has 0 aromatic carbocycles. The number of piperidine rings is 1. The standard InChI is InChI=1S/C10H19N/c1-8-5-6-11(2)10(7-8)9-3-4-9/h8-10H,3-7H2,1-2H3/t8-,10?/m1/s1. The van der Waals surface area contributed by atoms with Crippen molar-refractivity contribution >= 4 is 0 Å². The summed E-state index contributed by atoms with van der Waals surface area (Å²) in [4.78, 5) is 2.58. The van der Waals surface area contributed by atoms with Crippen LogP contribution < -0.4 is 0 Å². The molecule has 2 atom stereocenters. The molecular formula is C10H19N. The van der Waals surface area contributed by atoms with Gasteiger partial charge in [0, 0.05) is 6.04 Å². The van der Waals surface area contributed by atoms with Crippen molar-refractivity contribution in [3.05, 3.63) is 0 Å². The highest BCUT2D eigenvalue weighted by Crippen LogP contribution is 2.39. The molecule has 1 heteroatoms. The number of hydrogen-bond donors (Lipinski definition) is 0. The van der Waals surface area contributed by atoms with Gasteiger partial charge < -0.3 is 4.90 Å². The Balaban J connectivity index is 1.93. The molecule has 1 unspecified atom stereocenters. The van der Waals surface area contributed by atoms with Crippen molar-refractivity contribution < 1.29 is 0 Å². The molecule has 2 rings (SSSR count). The number of hydrogen-bond acceptors (Lipinski definition) is 1. The van der Waals surface area contributed by atoms with E-state index in [1.807, 2.05) is 0 Å². The quantitative estimate of drug-likeness (QED) is 0.558. The minimum atomic E-state index is 0.943. The Bertz CT molecular complexity index is 140. The summed E-state index contributed by atoms with van der Waals surface area (Å²) >= 11 is 0. The third kappa shape index (κ3) is 1.58. The van der Waals surface area contributed by atoms with Crippen molar-refractivity contribution in [1.82, 2.24) is 4.90 Å². The molecule has 0 aromatic heterocycles. The van der Waals surface area contributed by atoms with Gasteiger partial charge in [0.25, 0.3) is 0 Å². The van der Waals surface area contributed by atoms with Crippen LogP contribution in [0.1, 0.15) is 32.6 Å². The van der Waals surface area contributed by atoms with Crippen molar-refractivity contribution in [2.75, 3.05) is 13.6 Å². The van der Waals surface area contributed by atoms with Gasteiger partial charge in [0.1, 0.15) is 0 Å². The van der Waals surface area contributed by atoms with E-state index in [9.17, 15) is 0 Å². The monoisotopic (exact) mass is 153 g/mol. The molecule has 0 spiro atoms. The lowest BCUT2D eigenvalue weighted by atomic mass is 9.90. The van der Waals surface area contributed by atoms with E-state index >= 15 is 0 Å². The fourth-order valence-electron chi connectivity index (χ4n) is 2.33. The first-order chi connectivity index (χ1) is 5.27. The molecule has 0 aromatic rings. The molecule has 0 radical (unpaired) electrons. The molecule has 11 heavy (non-hydrogen) atoms. The van der Waals surface area contributed by atoms with Crippen LogP contribution in [0.25, 0.3) is 0 Å². The SMILES string of the molecule is C[C@@H]1CCN(C)C(C2CC2)C1. The van der Waals surface area contributed by atoms with Crippen LogP contribution in [0.3, 0.4) is 0 Å². The maximum absolute atomic E-state index is 2.58. The second-order valence-electron chi connectivity index (χ2n) is 4.51. The lowest BCUT2D eigenvalue weighted by Crippen LogP contribution is -2.40. The molecule has 64 valence electrons. The summed E-state index contributed by atoms with van der Waals surface area (Å²) in [6.45, 7) is 3.74. The molecule has 2 fully saturated rings. The van der Waals surface area contributed by atoms with E-state index in [4.69, 9.17) is 0 Å². The van der Waals surface area contributed by atoms with Gasteiger partial charge in [-0.15, -0.1) is 0 Å². The van der Waals surface area contributed by atoms with Crippen molar-refractivity contribution in [2.45, 2.75) is 38.6 Å². The normalized spacial score (nSPS) is 40.9. The Hall–Kier alpha value is -0.0400. The minimum Gasteiger partial charge on any atom is -0.303 e. The highest BCUT2D eigenvalue weighted by molar-refractivity contribution is 4.90. The van der Waals surface area contributed by atoms with E-state index in [0.29, 0.717) is 0 Å². The van der Waals surface area contributed by atoms with E-state index < -0.39 is 0 Å². The molecule has 1 heterocycles. The summed E-state index contributed by atoms with van der Waals surface area (Å²) in [6.07, 6.45) is 5.88. The van der Waals surface area contributed by atoms with Gasteiger partial charge in [-0.1, -0.05) is 6.92 Å². The number of likely N-dealkylation sites (tertiary alicyclic amines) is 1. The zero-order valence-electron chi connectivity index (χ0n) is 7.71. The first-order valence-electron chi connectivity index (χ1n) is 4.97. The second kappa shape index (κ2) is 2.78. The summed E-state index contributed by atoms with van der Waals surface area (Å²) < 4.78 is 0. The molecule has 1 nitrogen and oxygen atoms in total. The molecule has 1 saturated carbocycles.